The summed E-state index contributed by atoms with van der Waals surface area (Å²) in [5.41, 5.74) is 0.745. The standard InChI is InChI=1S/C17H23ClN2O2/c1-4-8-20(9-5-2)17(21)11-14(12-19)13-6-7-16(22-3)15(18)10-13/h6-7,10,14H,4-5,8-9,11H2,1-3H3. The van der Waals surface area contributed by atoms with Crippen LogP contribution in [0.5, 0.6) is 5.75 Å². The molecule has 0 aliphatic carbocycles. The molecule has 0 radical (unpaired) electrons. The number of nitrogens with zero attached hydrogens (tertiary/aromatic N) is 2. The molecule has 0 heterocycles. The minimum atomic E-state index is -0.493. The first kappa shape index (κ1) is 18.3. The second-order valence-corrected chi connectivity index (χ2v) is 5.57. The molecule has 1 rings (SSSR count). The average molecular weight is 323 g/mol. The number of hydrogen-bond donors (Lipinski definition) is 0. The predicted octanol–water partition coefficient (Wildman–Crippen LogP) is 3.99. The van der Waals surface area contributed by atoms with Gasteiger partial charge in [-0.3, -0.25) is 4.79 Å². The van der Waals surface area contributed by atoms with Crippen molar-refractivity contribution in [3.05, 3.63) is 28.8 Å². The van der Waals surface area contributed by atoms with Gasteiger partial charge in [0.15, 0.2) is 0 Å². The van der Waals surface area contributed by atoms with Crippen molar-refractivity contribution in [3.63, 3.8) is 0 Å². The number of nitriles is 1. The molecule has 0 fully saturated rings. The van der Waals surface area contributed by atoms with Gasteiger partial charge in [-0.15, -0.1) is 0 Å². The maximum atomic E-state index is 12.4. The molecule has 0 aliphatic heterocycles. The van der Waals surface area contributed by atoms with Crippen molar-refractivity contribution < 1.29 is 9.53 Å². The van der Waals surface area contributed by atoms with Crippen molar-refractivity contribution >= 4 is 17.5 Å². The van der Waals surface area contributed by atoms with Crippen LogP contribution in [0.2, 0.25) is 5.02 Å². The molecule has 120 valence electrons. The van der Waals surface area contributed by atoms with E-state index < -0.39 is 5.92 Å². The summed E-state index contributed by atoms with van der Waals surface area (Å²) in [6.45, 7) is 5.55. The maximum absolute atomic E-state index is 12.4. The van der Waals surface area contributed by atoms with E-state index in [1.807, 2.05) is 18.7 Å². The largest absolute Gasteiger partial charge is 0.495 e. The van der Waals surface area contributed by atoms with Crippen molar-refractivity contribution in [3.8, 4) is 11.8 Å². The minimum absolute atomic E-state index is 0.0159. The van der Waals surface area contributed by atoms with E-state index in [2.05, 4.69) is 6.07 Å². The van der Waals surface area contributed by atoms with Gasteiger partial charge in [0.05, 0.1) is 24.1 Å². The Hall–Kier alpha value is -1.73. The molecule has 0 saturated carbocycles. The van der Waals surface area contributed by atoms with E-state index >= 15 is 0 Å². The number of ether oxygens (including phenoxy) is 1. The summed E-state index contributed by atoms with van der Waals surface area (Å²) in [5, 5.41) is 9.84. The Bertz CT molecular complexity index is 534. The monoisotopic (exact) mass is 322 g/mol. The SMILES string of the molecule is CCCN(CCC)C(=O)CC(C#N)c1ccc(OC)c(Cl)c1. The molecular weight excluding hydrogens is 300 g/mol. The maximum Gasteiger partial charge on any atom is 0.224 e. The Kier molecular flexibility index (Phi) is 7.76. The Morgan fingerprint density at radius 1 is 1.36 bits per heavy atom. The van der Waals surface area contributed by atoms with Crippen LogP contribution in [0.15, 0.2) is 18.2 Å². The van der Waals surface area contributed by atoms with Crippen molar-refractivity contribution in [1.82, 2.24) is 4.90 Å². The van der Waals surface area contributed by atoms with E-state index in [1.54, 1.807) is 25.3 Å². The summed E-state index contributed by atoms with van der Waals surface area (Å²) < 4.78 is 5.11. The molecule has 0 aliphatic rings. The highest BCUT2D eigenvalue weighted by atomic mass is 35.5. The zero-order valence-electron chi connectivity index (χ0n) is 13.4. The van der Waals surface area contributed by atoms with Crippen LogP contribution in [0.25, 0.3) is 0 Å². The molecule has 1 atom stereocenters. The number of methoxy groups -OCH3 is 1. The quantitative estimate of drug-likeness (QED) is 0.727. The van der Waals surface area contributed by atoms with Gasteiger partial charge in [-0.2, -0.15) is 5.26 Å². The first-order valence-corrected chi connectivity index (χ1v) is 7.95. The van der Waals surface area contributed by atoms with E-state index in [4.69, 9.17) is 16.3 Å². The van der Waals surface area contributed by atoms with Gasteiger partial charge >= 0.3 is 0 Å². The lowest BCUT2D eigenvalue weighted by atomic mass is 9.96. The lowest BCUT2D eigenvalue weighted by Crippen LogP contribution is -2.33. The lowest BCUT2D eigenvalue weighted by molar-refractivity contribution is -0.131. The van der Waals surface area contributed by atoms with Crippen molar-refractivity contribution in [2.75, 3.05) is 20.2 Å². The Morgan fingerprint density at radius 3 is 2.45 bits per heavy atom. The van der Waals surface area contributed by atoms with Crippen molar-refractivity contribution in [2.24, 2.45) is 0 Å². The Balaban J connectivity index is 2.86. The Labute approximate surface area is 137 Å². The lowest BCUT2D eigenvalue weighted by Gasteiger charge is -2.22. The highest BCUT2D eigenvalue weighted by molar-refractivity contribution is 6.32. The van der Waals surface area contributed by atoms with Gasteiger partial charge < -0.3 is 9.64 Å². The molecule has 1 unspecified atom stereocenters. The highest BCUT2D eigenvalue weighted by Crippen LogP contribution is 2.29. The molecule has 0 saturated heterocycles. The smallest absolute Gasteiger partial charge is 0.224 e. The third-order valence-electron chi connectivity index (χ3n) is 3.45. The molecule has 0 aromatic heterocycles. The molecule has 0 bridgehead atoms. The van der Waals surface area contributed by atoms with E-state index in [0.717, 1.165) is 31.5 Å². The zero-order chi connectivity index (χ0) is 16.5. The molecule has 0 spiro atoms. The molecule has 0 N–H and O–H groups in total. The highest BCUT2D eigenvalue weighted by Gasteiger charge is 2.20. The predicted molar refractivity (Wildman–Crippen MR) is 88.1 cm³/mol. The molecular formula is C17H23ClN2O2. The number of amides is 1. The van der Waals surface area contributed by atoms with E-state index in [-0.39, 0.29) is 12.3 Å². The number of hydrogen-bond acceptors (Lipinski definition) is 3. The molecule has 1 aromatic carbocycles. The van der Waals surface area contributed by atoms with Gasteiger partial charge in [-0.05, 0) is 30.5 Å². The summed E-state index contributed by atoms with van der Waals surface area (Å²) in [5.74, 6) is 0.0846. The van der Waals surface area contributed by atoms with Gasteiger partial charge in [-0.1, -0.05) is 31.5 Å². The topological polar surface area (TPSA) is 53.3 Å². The third-order valence-corrected chi connectivity index (χ3v) is 3.75. The van der Waals surface area contributed by atoms with Gasteiger partial charge in [0.25, 0.3) is 0 Å². The summed E-state index contributed by atoms with van der Waals surface area (Å²) in [4.78, 5) is 14.2. The van der Waals surface area contributed by atoms with Gasteiger partial charge in [0, 0.05) is 19.5 Å². The fourth-order valence-corrected chi connectivity index (χ4v) is 2.61. The molecule has 22 heavy (non-hydrogen) atoms. The summed E-state index contributed by atoms with van der Waals surface area (Å²) in [6, 6.07) is 7.42. The number of carbonyl (C=O) groups excluding carboxylic acids is 1. The van der Waals surface area contributed by atoms with Crippen LogP contribution >= 0.6 is 11.6 Å². The second-order valence-electron chi connectivity index (χ2n) is 5.16. The molecule has 1 amide bonds. The second kappa shape index (κ2) is 9.32. The van der Waals surface area contributed by atoms with Crippen LogP contribution in [0.4, 0.5) is 0 Å². The van der Waals surface area contributed by atoms with Crippen molar-refractivity contribution in [1.29, 1.82) is 5.26 Å². The summed E-state index contributed by atoms with van der Waals surface area (Å²) in [7, 11) is 1.54. The van der Waals surface area contributed by atoms with Crippen LogP contribution < -0.4 is 4.74 Å². The minimum Gasteiger partial charge on any atom is -0.495 e. The van der Waals surface area contributed by atoms with Crippen LogP contribution in [-0.4, -0.2) is 31.0 Å². The van der Waals surface area contributed by atoms with Crippen LogP contribution in [-0.2, 0) is 4.79 Å². The number of carbonyl (C=O) groups is 1. The fraction of sp³-hybridized carbons (Fsp3) is 0.529. The summed E-state index contributed by atoms with van der Waals surface area (Å²) in [6.07, 6.45) is 2.01. The summed E-state index contributed by atoms with van der Waals surface area (Å²) >= 11 is 6.10. The van der Waals surface area contributed by atoms with Gasteiger partial charge in [0.1, 0.15) is 5.75 Å². The van der Waals surface area contributed by atoms with Crippen molar-refractivity contribution in [2.45, 2.75) is 39.0 Å². The number of halogens is 1. The third kappa shape index (κ3) is 4.92. The van der Waals surface area contributed by atoms with E-state index in [1.165, 1.54) is 0 Å². The van der Waals surface area contributed by atoms with E-state index in [9.17, 15) is 10.1 Å². The first-order chi connectivity index (χ1) is 10.6. The zero-order valence-corrected chi connectivity index (χ0v) is 14.2. The van der Waals surface area contributed by atoms with Gasteiger partial charge in [0.2, 0.25) is 5.91 Å². The van der Waals surface area contributed by atoms with Crippen LogP contribution in [0.3, 0.4) is 0 Å². The fourth-order valence-electron chi connectivity index (χ4n) is 2.34. The molecule has 1 aromatic rings. The van der Waals surface area contributed by atoms with E-state index in [0.29, 0.717) is 10.8 Å². The molecule has 4 nitrogen and oxygen atoms in total. The van der Waals surface area contributed by atoms with Crippen LogP contribution in [0, 0.1) is 11.3 Å². The first-order valence-electron chi connectivity index (χ1n) is 7.58. The average Bonchev–Trinajstić information content (AvgIpc) is 2.52. The van der Waals surface area contributed by atoms with Crippen LogP contribution in [0.1, 0.15) is 44.6 Å². The Morgan fingerprint density at radius 2 is 2.00 bits per heavy atom. The number of benzene rings is 1. The molecule has 5 heteroatoms. The number of rotatable bonds is 8. The normalized spacial score (nSPS) is 11.6. The van der Waals surface area contributed by atoms with Gasteiger partial charge in [-0.25, -0.2) is 0 Å².